The molecule has 19 heavy (non-hydrogen) atoms. The molecule has 1 rings (SSSR count). The molecule has 1 aromatic rings. The Morgan fingerprint density at radius 3 is 2.53 bits per heavy atom. The molecule has 0 fully saturated rings. The summed E-state index contributed by atoms with van der Waals surface area (Å²) in [6.07, 6.45) is 0. The van der Waals surface area contributed by atoms with Crippen LogP contribution >= 0.6 is 15.9 Å². The lowest BCUT2D eigenvalue weighted by molar-refractivity contribution is -0.121. The van der Waals surface area contributed by atoms with Crippen LogP contribution in [0.15, 0.2) is 28.7 Å². The topological polar surface area (TPSA) is 70.2 Å². The van der Waals surface area contributed by atoms with Crippen molar-refractivity contribution in [2.75, 3.05) is 7.05 Å². The van der Waals surface area contributed by atoms with Gasteiger partial charge in [0.2, 0.25) is 5.91 Å². The van der Waals surface area contributed by atoms with Crippen LogP contribution in [-0.4, -0.2) is 25.0 Å². The van der Waals surface area contributed by atoms with E-state index in [1.165, 1.54) is 7.05 Å². The Labute approximate surface area is 121 Å². The number of nitrogens with one attached hydrogen (secondary N) is 3. The zero-order valence-corrected chi connectivity index (χ0v) is 12.7. The highest BCUT2D eigenvalue weighted by Crippen LogP contribution is 2.18. The van der Waals surface area contributed by atoms with Gasteiger partial charge >= 0.3 is 6.03 Å². The summed E-state index contributed by atoms with van der Waals surface area (Å²) in [5.41, 5.74) is 1.06. The fourth-order valence-electron chi connectivity index (χ4n) is 1.61. The van der Waals surface area contributed by atoms with Gasteiger partial charge in [0, 0.05) is 17.6 Å². The maximum atomic E-state index is 11.7. The summed E-state index contributed by atoms with van der Waals surface area (Å²) in [5.74, 6) is -0.360. The Bertz CT molecular complexity index is 465. The monoisotopic (exact) mass is 327 g/mol. The standard InChI is InChI=1S/C13H18BrN3O2/c1-8(10-5-4-6-11(14)7-10)16-9(2)12(18)17-13(19)15-3/h4-9,16H,1-3H3,(H2,15,17,18,19)/t8-,9?/m0/s1. The second kappa shape index (κ2) is 7.25. The van der Waals surface area contributed by atoms with Crippen molar-refractivity contribution in [2.45, 2.75) is 25.9 Å². The van der Waals surface area contributed by atoms with Gasteiger partial charge in [-0.1, -0.05) is 28.1 Å². The summed E-state index contributed by atoms with van der Waals surface area (Å²) in [6, 6.07) is 6.88. The normalized spacial score (nSPS) is 13.5. The third-order valence-corrected chi connectivity index (χ3v) is 3.20. The Hall–Kier alpha value is -1.40. The average Bonchev–Trinajstić information content (AvgIpc) is 2.38. The van der Waals surface area contributed by atoms with Crippen LogP contribution in [0.25, 0.3) is 0 Å². The molecular formula is C13H18BrN3O2. The zero-order chi connectivity index (χ0) is 14.4. The van der Waals surface area contributed by atoms with Crippen molar-refractivity contribution in [3.63, 3.8) is 0 Å². The molecule has 0 bridgehead atoms. The van der Waals surface area contributed by atoms with Gasteiger partial charge in [-0.05, 0) is 31.5 Å². The van der Waals surface area contributed by atoms with Gasteiger partial charge in [-0.2, -0.15) is 0 Å². The maximum Gasteiger partial charge on any atom is 0.321 e. The van der Waals surface area contributed by atoms with Gasteiger partial charge in [-0.15, -0.1) is 0 Å². The number of hydrogen-bond acceptors (Lipinski definition) is 3. The van der Waals surface area contributed by atoms with Crippen LogP contribution in [0, 0.1) is 0 Å². The van der Waals surface area contributed by atoms with Gasteiger partial charge < -0.3 is 5.32 Å². The number of imide groups is 1. The predicted octanol–water partition coefficient (Wildman–Crippen LogP) is 1.94. The molecule has 6 heteroatoms. The fourth-order valence-corrected chi connectivity index (χ4v) is 2.02. The third-order valence-electron chi connectivity index (χ3n) is 2.71. The van der Waals surface area contributed by atoms with E-state index in [4.69, 9.17) is 0 Å². The molecule has 0 saturated carbocycles. The molecule has 5 nitrogen and oxygen atoms in total. The maximum absolute atomic E-state index is 11.7. The molecule has 1 aromatic carbocycles. The molecule has 0 aromatic heterocycles. The van der Waals surface area contributed by atoms with E-state index in [0.717, 1.165) is 10.0 Å². The summed E-state index contributed by atoms with van der Waals surface area (Å²) < 4.78 is 0.987. The average molecular weight is 328 g/mol. The van der Waals surface area contributed by atoms with E-state index < -0.39 is 12.1 Å². The van der Waals surface area contributed by atoms with Gasteiger partial charge in [0.25, 0.3) is 0 Å². The molecule has 0 aliphatic heterocycles. The van der Waals surface area contributed by atoms with E-state index in [1.807, 2.05) is 31.2 Å². The molecule has 3 amide bonds. The smallest absolute Gasteiger partial charge is 0.321 e. The Morgan fingerprint density at radius 1 is 1.26 bits per heavy atom. The van der Waals surface area contributed by atoms with Crippen LogP contribution in [0.4, 0.5) is 4.79 Å². The van der Waals surface area contributed by atoms with Crippen LogP contribution in [0.3, 0.4) is 0 Å². The minimum absolute atomic E-state index is 0.00272. The summed E-state index contributed by atoms with van der Waals surface area (Å²) in [6.45, 7) is 3.68. The van der Waals surface area contributed by atoms with Crippen molar-refractivity contribution >= 4 is 27.9 Å². The van der Waals surface area contributed by atoms with Crippen LogP contribution < -0.4 is 16.0 Å². The SMILES string of the molecule is CNC(=O)NC(=O)C(C)N[C@@H](C)c1cccc(Br)c1. The van der Waals surface area contributed by atoms with Crippen molar-refractivity contribution < 1.29 is 9.59 Å². The lowest BCUT2D eigenvalue weighted by Crippen LogP contribution is -2.47. The van der Waals surface area contributed by atoms with Gasteiger partial charge in [-0.3, -0.25) is 15.4 Å². The largest absolute Gasteiger partial charge is 0.341 e. The van der Waals surface area contributed by atoms with Crippen molar-refractivity contribution in [3.05, 3.63) is 34.3 Å². The lowest BCUT2D eigenvalue weighted by atomic mass is 10.1. The van der Waals surface area contributed by atoms with Crippen molar-refractivity contribution in [1.82, 2.24) is 16.0 Å². The lowest BCUT2D eigenvalue weighted by Gasteiger charge is -2.19. The predicted molar refractivity (Wildman–Crippen MR) is 77.8 cm³/mol. The van der Waals surface area contributed by atoms with E-state index >= 15 is 0 Å². The molecule has 0 aliphatic rings. The number of rotatable bonds is 4. The van der Waals surface area contributed by atoms with Crippen LogP contribution in [-0.2, 0) is 4.79 Å². The van der Waals surface area contributed by atoms with Crippen molar-refractivity contribution in [1.29, 1.82) is 0 Å². The number of hydrogen-bond donors (Lipinski definition) is 3. The molecule has 104 valence electrons. The Balaban J connectivity index is 2.58. The molecule has 0 spiro atoms. The minimum Gasteiger partial charge on any atom is -0.341 e. The number of amides is 3. The molecule has 3 N–H and O–H groups in total. The van der Waals surface area contributed by atoms with E-state index in [9.17, 15) is 9.59 Å². The second-order valence-corrected chi connectivity index (χ2v) is 5.15. The second-order valence-electron chi connectivity index (χ2n) is 4.23. The van der Waals surface area contributed by atoms with Crippen molar-refractivity contribution in [3.8, 4) is 0 Å². The minimum atomic E-state index is -0.506. The fraction of sp³-hybridized carbons (Fsp3) is 0.385. The first kappa shape index (κ1) is 15.7. The molecule has 0 radical (unpaired) electrons. The molecule has 0 saturated heterocycles. The summed E-state index contributed by atoms with van der Waals surface area (Å²) in [7, 11) is 1.46. The molecule has 1 unspecified atom stereocenters. The summed E-state index contributed by atoms with van der Waals surface area (Å²) in [5, 5.41) is 7.71. The molecule has 2 atom stereocenters. The van der Waals surface area contributed by atoms with Crippen molar-refractivity contribution in [2.24, 2.45) is 0 Å². The molecule has 0 heterocycles. The van der Waals surface area contributed by atoms with Crippen LogP contribution in [0.2, 0.25) is 0 Å². The summed E-state index contributed by atoms with van der Waals surface area (Å²) >= 11 is 3.41. The highest BCUT2D eigenvalue weighted by Gasteiger charge is 2.17. The summed E-state index contributed by atoms with van der Waals surface area (Å²) in [4.78, 5) is 22.8. The number of benzene rings is 1. The quantitative estimate of drug-likeness (QED) is 0.791. The van der Waals surface area contributed by atoms with E-state index in [2.05, 4.69) is 31.9 Å². The van der Waals surface area contributed by atoms with E-state index in [-0.39, 0.29) is 11.9 Å². The molecule has 0 aliphatic carbocycles. The first-order valence-electron chi connectivity index (χ1n) is 5.98. The highest BCUT2D eigenvalue weighted by atomic mass is 79.9. The van der Waals surface area contributed by atoms with Gasteiger partial charge in [0.1, 0.15) is 0 Å². The number of urea groups is 1. The first-order chi connectivity index (χ1) is 8.93. The molecular weight excluding hydrogens is 310 g/mol. The Kier molecular flexibility index (Phi) is 5.98. The van der Waals surface area contributed by atoms with Crippen LogP contribution in [0.1, 0.15) is 25.5 Å². The highest BCUT2D eigenvalue weighted by molar-refractivity contribution is 9.10. The Morgan fingerprint density at radius 2 is 1.95 bits per heavy atom. The van der Waals surface area contributed by atoms with E-state index in [0.29, 0.717) is 0 Å². The number of halogens is 1. The van der Waals surface area contributed by atoms with E-state index in [1.54, 1.807) is 6.92 Å². The van der Waals surface area contributed by atoms with Gasteiger partial charge in [0.15, 0.2) is 0 Å². The van der Waals surface area contributed by atoms with Gasteiger partial charge in [0.05, 0.1) is 6.04 Å². The number of carbonyl (C=O) groups excluding carboxylic acids is 2. The number of carbonyl (C=O) groups is 2. The van der Waals surface area contributed by atoms with Gasteiger partial charge in [-0.25, -0.2) is 4.79 Å². The zero-order valence-electron chi connectivity index (χ0n) is 11.2. The first-order valence-corrected chi connectivity index (χ1v) is 6.77. The third kappa shape index (κ3) is 5.00. The van der Waals surface area contributed by atoms with Crippen LogP contribution in [0.5, 0.6) is 0 Å².